The predicted octanol–water partition coefficient (Wildman–Crippen LogP) is 4.24. The topological polar surface area (TPSA) is 99.2 Å². The Balaban J connectivity index is 2.57. The van der Waals surface area contributed by atoms with E-state index in [1.54, 1.807) is 6.07 Å². The van der Waals surface area contributed by atoms with Crippen molar-refractivity contribution in [3.63, 3.8) is 0 Å². The van der Waals surface area contributed by atoms with Crippen LogP contribution in [0.15, 0.2) is 39.7 Å². The van der Waals surface area contributed by atoms with Crippen molar-refractivity contribution in [1.29, 1.82) is 5.26 Å². The summed E-state index contributed by atoms with van der Waals surface area (Å²) in [5.74, 6) is -0.546. The molecule has 0 aliphatic carbocycles. The van der Waals surface area contributed by atoms with Gasteiger partial charge in [-0.1, -0.05) is 0 Å². The molecular formula is C17H14BrF2N2O3S-. The number of hydrogen-bond acceptors (Lipinski definition) is 5. The molecule has 0 spiro atoms. The first-order valence-electron chi connectivity index (χ1n) is 7.29. The van der Waals surface area contributed by atoms with E-state index in [4.69, 9.17) is 15.7 Å². The number of alkyl halides is 1. The Labute approximate surface area is 160 Å². The molecule has 2 aromatic carbocycles. The molecule has 0 aliphatic rings. The molecule has 0 saturated carbocycles. The number of hydrogen-bond donors (Lipinski definition) is 1. The molecule has 2 atom stereocenters. The monoisotopic (exact) mass is 443 g/mol. The summed E-state index contributed by atoms with van der Waals surface area (Å²) < 4.78 is 56.5. The van der Waals surface area contributed by atoms with Crippen molar-refractivity contribution >= 4 is 27.0 Å². The summed E-state index contributed by atoms with van der Waals surface area (Å²) in [7, 11) is 0. The largest absolute Gasteiger partial charge is 0.768 e. The average molecular weight is 444 g/mol. The van der Waals surface area contributed by atoms with E-state index in [2.05, 4.69) is 15.9 Å². The lowest BCUT2D eigenvalue weighted by molar-refractivity contribution is 0.172. The molecule has 0 aliphatic heterocycles. The lowest BCUT2D eigenvalue weighted by Crippen LogP contribution is -2.32. The summed E-state index contributed by atoms with van der Waals surface area (Å²) in [5.41, 5.74) is 4.04. The van der Waals surface area contributed by atoms with Crippen LogP contribution in [-0.2, 0) is 11.1 Å². The molecule has 2 N–H and O–H groups in total. The maximum atomic E-state index is 14.3. The van der Waals surface area contributed by atoms with Gasteiger partial charge in [0.1, 0.15) is 23.0 Å². The van der Waals surface area contributed by atoms with Crippen LogP contribution in [0.5, 0.6) is 11.5 Å². The van der Waals surface area contributed by atoms with Crippen molar-refractivity contribution in [3.8, 4) is 17.6 Å². The maximum Gasteiger partial charge on any atom is 0.142 e. The first-order chi connectivity index (χ1) is 12.0. The number of nitrogens with two attached hydrogens (primary N) is 1. The molecule has 0 saturated heterocycles. The lowest BCUT2D eigenvalue weighted by atomic mass is 9.94. The van der Waals surface area contributed by atoms with Gasteiger partial charge in [-0.3, -0.25) is 4.21 Å². The van der Waals surface area contributed by atoms with Crippen molar-refractivity contribution in [3.05, 3.63) is 51.7 Å². The van der Waals surface area contributed by atoms with Crippen molar-refractivity contribution in [2.24, 2.45) is 5.73 Å². The third-order valence-electron chi connectivity index (χ3n) is 3.56. The summed E-state index contributed by atoms with van der Waals surface area (Å²) >= 11 is 0.546. The Bertz CT molecular complexity index is 910. The van der Waals surface area contributed by atoms with Gasteiger partial charge in [0.15, 0.2) is 0 Å². The van der Waals surface area contributed by atoms with Crippen molar-refractivity contribution < 1.29 is 22.3 Å². The van der Waals surface area contributed by atoms with E-state index < -0.39 is 28.6 Å². The Morgan fingerprint density at radius 1 is 1.38 bits per heavy atom. The Kier molecular flexibility index (Phi) is 6.13. The van der Waals surface area contributed by atoms with Crippen LogP contribution in [0.25, 0.3) is 0 Å². The highest BCUT2D eigenvalue weighted by molar-refractivity contribution is 9.10. The van der Waals surface area contributed by atoms with Crippen LogP contribution in [0, 0.1) is 17.1 Å². The minimum atomic E-state index is -2.65. The van der Waals surface area contributed by atoms with Crippen LogP contribution >= 0.6 is 15.9 Å². The predicted molar refractivity (Wildman–Crippen MR) is 94.6 cm³/mol. The van der Waals surface area contributed by atoms with Gasteiger partial charge in [0.05, 0.1) is 22.1 Å². The zero-order valence-corrected chi connectivity index (χ0v) is 16.2. The molecule has 0 fully saturated rings. The van der Waals surface area contributed by atoms with Crippen LogP contribution in [0.1, 0.15) is 31.0 Å². The van der Waals surface area contributed by atoms with Gasteiger partial charge in [-0.05, 0) is 65.1 Å². The molecule has 0 bridgehead atoms. The number of halogens is 3. The Morgan fingerprint density at radius 2 is 2.04 bits per heavy atom. The van der Waals surface area contributed by atoms with Crippen LogP contribution in [0.3, 0.4) is 0 Å². The second-order valence-electron chi connectivity index (χ2n) is 5.96. The highest BCUT2D eigenvalue weighted by Crippen LogP contribution is 2.41. The van der Waals surface area contributed by atoms with Crippen LogP contribution in [-0.4, -0.2) is 14.4 Å². The van der Waals surface area contributed by atoms with Gasteiger partial charge in [-0.15, -0.1) is 0 Å². The number of benzene rings is 2. The van der Waals surface area contributed by atoms with Crippen LogP contribution in [0.4, 0.5) is 8.78 Å². The second kappa shape index (κ2) is 7.80. The van der Waals surface area contributed by atoms with E-state index in [-0.39, 0.29) is 32.0 Å². The third kappa shape index (κ3) is 4.45. The fourth-order valence-electron chi connectivity index (χ4n) is 2.23. The third-order valence-corrected chi connectivity index (χ3v) is 5.10. The Morgan fingerprint density at radius 3 is 2.58 bits per heavy atom. The number of nitriles is 1. The zero-order valence-electron chi connectivity index (χ0n) is 13.8. The molecule has 0 radical (unpaired) electrons. The molecule has 2 aromatic rings. The first kappa shape index (κ1) is 20.5. The minimum Gasteiger partial charge on any atom is -0.768 e. The quantitative estimate of drug-likeness (QED) is 0.696. The number of ether oxygens (including phenoxy) is 1. The van der Waals surface area contributed by atoms with E-state index in [0.29, 0.717) is 0 Å². The molecule has 0 heterocycles. The molecule has 9 heteroatoms. The molecule has 0 aromatic heterocycles. The van der Waals surface area contributed by atoms with Crippen LogP contribution < -0.4 is 10.5 Å². The maximum absolute atomic E-state index is 14.3. The van der Waals surface area contributed by atoms with Gasteiger partial charge in [-0.25, -0.2) is 8.78 Å². The fourth-order valence-corrected chi connectivity index (χ4v) is 3.62. The van der Waals surface area contributed by atoms with E-state index in [1.165, 1.54) is 32.0 Å². The summed E-state index contributed by atoms with van der Waals surface area (Å²) in [6.07, 6.45) is 0. The highest BCUT2D eigenvalue weighted by Gasteiger charge is 2.32. The summed E-state index contributed by atoms with van der Waals surface area (Å²) in [6.45, 7) is 2.45. The number of rotatable bonds is 5. The average Bonchev–Trinajstić information content (AvgIpc) is 2.54. The van der Waals surface area contributed by atoms with Gasteiger partial charge < -0.3 is 15.0 Å². The summed E-state index contributed by atoms with van der Waals surface area (Å²) in [4.78, 5) is -0.181. The van der Waals surface area contributed by atoms with Gasteiger partial charge >= 0.3 is 0 Å². The van der Waals surface area contributed by atoms with E-state index in [0.717, 1.165) is 12.1 Å². The molecule has 2 unspecified atom stereocenters. The second-order valence-corrected chi connectivity index (χ2v) is 7.66. The zero-order chi connectivity index (χ0) is 19.6. The van der Waals surface area contributed by atoms with Crippen molar-refractivity contribution in [2.75, 3.05) is 0 Å². The summed E-state index contributed by atoms with van der Waals surface area (Å²) in [5, 5.41) is 8.90. The molecule has 5 nitrogen and oxygen atoms in total. The van der Waals surface area contributed by atoms with Crippen LogP contribution in [0.2, 0.25) is 0 Å². The standard InChI is InChI=1S/C17H15BrF2N2O3S/c1-17(2,20)16(22)14-13(26(23)24)4-3-12(15(14)18)25-11-6-9(8-21)5-10(19)7-11/h3-7,16H,22H2,1-2H3,(H,23,24)/p-1. The minimum absolute atomic E-state index is 0.000225. The van der Waals surface area contributed by atoms with Gasteiger partial charge in [-0.2, -0.15) is 5.26 Å². The molecule has 26 heavy (non-hydrogen) atoms. The van der Waals surface area contributed by atoms with Crippen molar-refractivity contribution in [2.45, 2.75) is 30.5 Å². The normalized spacial score (nSPS) is 13.8. The molecule has 138 valence electrons. The molecular weight excluding hydrogens is 430 g/mol. The van der Waals surface area contributed by atoms with Gasteiger partial charge in [0.2, 0.25) is 0 Å². The van der Waals surface area contributed by atoms with E-state index in [9.17, 15) is 17.5 Å². The lowest BCUT2D eigenvalue weighted by Gasteiger charge is -2.28. The fraction of sp³-hybridized carbons (Fsp3) is 0.235. The Hall–Kier alpha value is -1.86. The van der Waals surface area contributed by atoms with E-state index >= 15 is 0 Å². The van der Waals surface area contributed by atoms with Gasteiger partial charge in [0.25, 0.3) is 0 Å². The van der Waals surface area contributed by atoms with E-state index in [1.807, 2.05) is 0 Å². The molecule has 2 rings (SSSR count). The summed E-state index contributed by atoms with van der Waals surface area (Å²) in [6, 6.07) is 6.49. The van der Waals surface area contributed by atoms with Gasteiger partial charge in [0, 0.05) is 16.5 Å². The SMILES string of the molecule is CC(C)(F)C(N)c1c(S(=O)[O-])ccc(Oc2cc(F)cc(C#N)c2)c1Br. The smallest absolute Gasteiger partial charge is 0.142 e. The molecule has 0 amide bonds. The van der Waals surface area contributed by atoms with Crippen molar-refractivity contribution in [1.82, 2.24) is 0 Å². The highest BCUT2D eigenvalue weighted by atomic mass is 79.9. The number of nitrogens with zero attached hydrogens (tertiary/aromatic N) is 1. The first-order valence-corrected chi connectivity index (χ1v) is 9.16.